The van der Waals surface area contributed by atoms with Gasteiger partial charge in [-0.25, -0.2) is 0 Å². The summed E-state index contributed by atoms with van der Waals surface area (Å²) in [5.41, 5.74) is 0. The summed E-state index contributed by atoms with van der Waals surface area (Å²) in [5.74, 6) is 1.44. The normalized spacial score (nSPS) is 26.8. The molecule has 4 heteroatoms. The molecule has 0 aliphatic carbocycles. The minimum atomic E-state index is -0.0500. The maximum atomic E-state index is 12.1. The highest BCUT2D eigenvalue weighted by atomic mass is 32.2. The molecule has 1 fully saturated rings. The van der Waals surface area contributed by atoms with E-state index in [0.717, 1.165) is 13.1 Å². The summed E-state index contributed by atoms with van der Waals surface area (Å²) in [4.78, 5) is 13.9. The topological polar surface area (TPSA) is 32.3 Å². The molecular formula is C12H24N2OS. The maximum absolute atomic E-state index is 12.1. The molecule has 0 aromatic heterocycles. The van der Waals surface area contributed by atoms with Crippen molar-refractivity contribution >= 4 is 17.7 Å². The summed E-state index contributed by atoms with van der Waals surface area (Å²) in [6.07, 6.45) is 1.18. The first-order valence-electron chi connectivity index (χ1n) is 6.26. The highest BCUT2D eigenvalue weighted by Gasteiger charge is 2.28. The Morgan fingerprint density at radius 2 is 2.12 bits per heavy atom. The van der Waals surface area contributed by atoms with E-state index in [1.807, 2.05) is 37.4 Å². The van der Waals surface area contributed by atoms with Gasteiger partial charge in [0.15, 0.2) is 0 Å². The SMILES string of the molecule is CCN(CC)C(=O)C(C)NC1CCSC1C. The Morgan fingerprint density at radius 3 is 2.56 bits per heavy atom. The lowest BCUT2D eigenvalue weighted by atomic mass is 10.1. The van der Waals surface area contributed by atoms with Gasteiger partial charge in [-0.1, -0.05) is 6.92 Å². The van der Waals surface area contributed by atoms with Crippen LogP contribution in [-0.4, -0.2) is 47.0 Å². The second-order valence-electron chi connectivity index (χ2n) is 4.37. The fourth-order valence-electron chi connectivity index (χ4n) is 2.15. The molecule has 1 aliphatic rings. The highest BCUT2D eigenvalue weighted by Crippen LogP contribution is 2.26. The van der Waals surface area contributed by atoms with Crippen molar-refractivity contribution in [3.05, 3.63) is 0 Å². The van der Waals surface area contributed by atoms with Crippen molar-refractivity contribution in [3.8, 4) is 0 Å². The van der Waals surface area contributed by atoms with Crippen LogP contribution in [0.2, 0.25) is 0 Å². The lowest BCUT2D eigenvalue weighted by molar-refractivity contribution is -0.132. The molecule has 1 heterocycles. The van der Waals surface area contributed by atoms with Gasteiger partial charge in [0.1, 0.15) is 0 Å². The van der Waals surface area contributed by atoms with E-state index in [1.165, 1.54) is 12.2 Å². The first kappa shape index (κ1) is 13.8. The molecule has 1 aliphatic heterocycles. The van der Waals surface area contributed by atoms with E-state index in [0.29, 0.717) is 11.3 Å². The van der Waals surface area contributed by atoms with Crippen LogP contribution in [0.25, 0.3) is 0 Å². The van der Waals surface area contributed by atoms with Gasteiger partial charge in [-0.15, -0.1) is 0 Å². The summed E-state index contributed by atoms with van der Waals surface area (Å²) in [5, 5.41) is 4.10. The Morgan fingerprint density at radius 1 is 1.50 bits per heavy atom. The van der Waals surface area contributed by atoms with Crippen LogP contribution in [0.3, 0.4) is 0 Å². The monoisotopic (exact) mass is 244 g/mol. The second-order valence-corrected chi connectivity index (χ2v) is 5.86. The molecule has 1 saturated heterocycles. The first-order valence-corrected chi connectivity index (χ1v) is 7.31. The molecular weight excluding hydrogens is 220 g/mol. The molecule has 3 atom stereocenters. The van der Waals surface area contributed by atoms with E-state index < -0.39 is 0 Å². The van der Waals surface area contributed by atoms with E-state index in [9.17, 15) is 4.79 Å². The van der Waals surface area contributed by atoms with Gasteiger partial charge < -0.3 is 10.2 Å². The average Bonchev–Trinajstić information content (AvgIpc) is 2.66. The zero-order valence-electron chi connectivity index (χ0n) is 10.8. The van der Waals surface area contributed by atoms with E-state index in [4.69, 9.17) is 0 Å². The van der Waals surface area contributed by atoms with Gasteiger partial charge in [0.25, 0.3) is 0 Å². The molecule has 0 aromatic carbocycles. The summed E-state index contributed by atoms with van der Waals surface area (Å²) in [6.45, 7) is 9.89. The van der Waals surface area contributed by atoms with Crippen LogP contribution in [0, 0.1) is 0 Å². The number of amides is 1. The van der Waals surface area contributed by atoms with E-state index in [1.54, 1.807) is 0 Å². The van der Waals surface area contributed by atoms with Crippen molar-refractivity contribution in [2.24, 2.45) is 0 Å². The number of likely N-dealkylation sites (N-methyl/N-ethyl adjacent to an activating group) is 1. The zero-order valence-corrected chi connectivity index (χ0v) is 11.6. The molecule has 0 bridgehead atoms. The van der Waals surface area contributed by atoms with Crippen molar-refractivity contribution in [3.63, 3.8) is 0 Å². The fraction of sp³-hybridized carbons (Fsp3) is 0.917. The molecule has 0 aromatic rings. The Labute approximate surface area is 103 Å². The molecule has 94 valence electrons. The van der Waals surface area contributed by atoms with Gasteiger partial charge >= 0.3 is 0 Å². The van der Waals surface area contributed by atoms with Crippen molar-refractivity contribution in [1.29, 1.82) is 0 Å². The standard InChI is InChI=1S/C12H24N2OS/c1-5-14(6-2)12(15)9(3)13-11-7-8-16-10(11)4/h9-11,13H,5-8H2,1-4H3. The molecule has 1 rings (SSSR count). The van der Waals surface area contributed by atoms with Gasteiger partial charge in [0, 0.05) is 24.4 Å². The minimum Gasteiger partial charge on any atom is -0.342 e. The summed E-state index contributed by atoms with van der Waals surface area (Å²) < 4.78 is 0. The molecule has 3 nitrogen and oxygen atoms in total. The third kappa shape index (κ3) is 3.39. The van der Waals surface area contributed by atoms with Crippen LogP contribution in [0.5, 0.6) is 0 Å². The van der Waals surface area contributed by atoms with E-state index >= 15 is 0 Å². The minimum absolute atomic E-state index is 0.0500. The van der Waals surface area contributed by atoms with Crippen molar-refractivity contribution in [1.82, 2.24) is 10.2 Å². The zero-order chi connectivity index (χ0) is 12.1. The summed E-state index contributed by atoms with van der Waals surface area (Å²) in [6, 6.07) is 0.450. The molecule has 1 amide bonds. The van der Waals surface area contributed by atoms with Crippen LogP contribution in [-0.2, 0) is 4.79 Å². The Balaban J connectivity index is 2.44. The van der Waals surface area contributed by atoms with Gasteiger partial charge in [0.2, 0.25) is 5.91 Å². The average molecular weight is 244 g/mol. The molecule has 0 spiro atoms. The molecule has 0 radical (unpaired) electrons. The van der Waals surface area contributed by atoms with Crippen LogP contribution in [0.15, 0.2) is 0 Å². The predicted octanol–water partition coefficient (Wildman–Crippen LogP) is 1.73. The van der Waals surface area contributed by atoms with Crippen molar-refractivity contribution in [2.45, 2.75) is 51.4 Å². The molecule has 3 unspecified atom stereocenters. The van der Waals surface area contributed by atoms with Crippen LogP contribution in [0.4, 0.5) is 0 Å². The number of hydrogen-bond donors (Lipinski definition) is 1. The van der Waals surface area contributed by atoms with Gasteiger partial charge in [-0.3, -0.25) is 4.79 Å². The molecule has 1 N–H and O–H groups in total. The molecule has 16 heavy (non-hydrogen) atoms. The second kappa shape index (κ2) is 6.50. The van der Waals surface area contributed by atoms with Crippen molar-refractivity contribution in [2.75, 3.05) is 18.8 Å². The van der Waals surface area contributed by atoms with E-state index in [-0.39, 0.29) is 11.9 Å². The Kier molecular flexibility index (Phi) is 5.62. The van der Waals surface area contributed by atoms with Gasteiger partial charge in [-0.05, 0) is 32.9 Å². The lowest BCUT2D eigenvalue weighted by Gasteiger charge is -2.26. The van der Waals surface area contributed by atoms with Crippen LogP contribution >= 0.6 is 11.8 Å². The van der Waals surface area contributed by atoms with Crippen LogP contribution in [0.1, 0.15) is 34.1 Å². The number of carbonyl (C=O) groups is 1. The number of hydrogen-bond acceptors (Lipinski definition) is 3. The number of nitrogens with one attached hydrogen (secondary N) is 1. The number of rotatable bonds is 5. The predicted molar refractivity (Wildman–Crippen MR) is 70.9 cm³/mol. The number of carbonyl (C=O) groups excluding carboxylic acids is 1. The van der Waals surface area contributed by atoms with Crippen LogP contribution < -0.4 is 5.32 Å². The smallest absolute Gasteiger partial charge is 0.239 e. The summed E-state index contributed by atoms with van der Waals surface area (Å²) in [7, 11) is 0. The fourth-order valence-corrected chi connectivity index (χ4v) is 3.36. The quantitative estimate of drug-likeness (QED) is 0.799. The number of thioether (sulfide) groups is 1. The third-order valence-electron chi connectivity index (χ3n) is 3.29. The highest BCUT2D eigenvalue weighted by molar-refractivity contribution is 8.00. The Bertz CT molecular complexity index is 231. The third-order valence-corrected chi connectivity index (χ3v) is 4.61. The first-order chi connectivity index (χ1) is 7.60. The van der Waals surface area contributed by atoms with Gasteiger partial charge in [0.05, 0.1) is 6.04 Å². The maximum Gasteiger partial charge on any atom is 0.239 e. The van der Waals surface area contributed by atoms with Crippen molar-refractivity contribution < 1.29 is 4.79 Å². The van der Waals surface area contributed by atoms with Gasteiger partial charge in [-0.2, -0.15) is 11.8 Å². The van der Waals surface area contributed by atoms with E-state index in [2.05, 4.69) is 12.2 Å². The largest absolute Gasteiger partial charge is 0.342 e. The molecule has 0 saturated carbocycles. The number of nitrogens with zero attached hydrogens (tertiary/aromatic N) is 1. The lowest BCUT2D eigenvalue weighted by Crippen LogP contribution is -2.49. The Hall–Kier alpha value is -0.220. The summed E-state index contributed by atoms with van der Waals surface area (Å²) >= 11 is 1.99.